The van der Waals surface area contributed by atoms with Gasteiger partial charge in [-0.25, -0.2) is 0 Å². The standard InChI is InChI=1S/C19H29NO3/c1-13(2)15-6-10-18(11-7-15)23-14(3)12-20-17-8-4-16(5-9-17)19(21)22/h6-7,10-11,13-14,16-17,20H,4-5,8-9,12H2,1-3H3,(H,21,22). The predicted molar refractivity (Wildman–Crippen MR) is 92.0 cm³/mol. The number of carbonyl (C=O) groups is 1. The van der Waals surface area contributed by atoms with Crippen LogP contribution >= 0.6 is 0 Å². The summed E-state index contributed by atoms with van der Waals surface area (Å²) in [6.07, 6.45) is 3.52. The Morgan fingerprint density at radius 1 is 1.17 bits per heavy atom. The molecule has 4 heteroatoms. The minimum absolute atomic E-state index is 0.0945. The van der Waals surface area contributed by atoms with Crippen LogP contribution in [0, 0.1) is 5.92 Å². The average Bonchev–Trinajstić information content (AvgIpc) is 2.54. The molecule has 0 aromatic heterocycles. The minimum Gasteiger partial charge on any atom is -0.489 e. The van der Waals surface area contributed by atoms with E-state index in [4.69, 9.17) is 9.84 Å². The quantitative estimate of drug-likeness (QED) is 0.802. The molecule has 0 bridgehead atoms. The van der Waals surface area contributed by atoms with Gasteiger partial charge in [0.05, 0.1) is 5.92 Å². The van der Waals surface area contributed by atoms with Crippen LogP contribution in [0.4, 0.5) is 0 Å². The number of ether oxygens (including phenoxy) is 1. The summed E-state index contributed by atoms with van der Waals surface area (Å²) in [5, 5.41) is 12.5. The molecule has 0 amide bonds. The molecule has 1 aliphatic rings. The molecule has 0 saturated heterocycles. The first kappa shape index (κ1) is 17.8. The number of rotatable bonds is 7. The highest BCUT2D eigenvalue weighted by Gasteiger charge is 2.25. The number of carboxylic acid groups (broad SMARTS) is 1. The topological polar surface area (TPSA) is 58.6 Å². The fraction of sp³-hybridized carbons (Fsp3) is 0.632. The molecule has 1 aromatic rings. The van der Waals surface area contributed by atoms with Gasteiger partial charge < -0.3 is 15.2 Å². The molecule has 1 atom stereocenters. The van der Waals surface area contributed by atoms with Gasteiger partial charge >= 0.3 is 5.97 Å². The third-order valence-electron chi connectivity index (χ3n) is 4.65. The van der Waals surface area contributed by atoms with Crippen molar-refractivity contribution in [2.75, 3.05) is 6.54 Å². The van der Waals surface area contributed by atoms with Gasteiger partial charge in [-0.15, -0.1) is 0 Å². The SMILES string of the molecule is CC(CNC1CCC(C(=O)O)CC1)Oc1ccc(C(C)C)cc1. The monoisotopic (exact) mass is 319 g/mol. The number of carboxylic acids is 1. The minimum atomic E-state index is -0.648. The van der Waals surface area contributed by atoms with E-state index in [-0.39, 0.29) is 12.0 Å². The number of benzene rings is 1. The summed E-state index contributed by atoms with van der Waals surface area (Å²) in [6.45, 7) is 7.21. The van der Waals surface area contributed by atoms with Crippen molar-refractivity contribution < 1.29 is 14.6 Å². The van der Waals surface area contributed by atoms with Crippen molar-refractivity contribution in [2.24, 2.45) is 5.92 Å². The molecule has 0 heterocycles. The van der Waals surface area contributed by atoms with Gasteiger partial charge in [-0.2, -0.15) is 0 Å². The summed E-state index contributed by atoms with van der Waals surface area (Å²) in [6, 6.07) is 8.72. The molecule has 1 aliphatic carbocycles. The Bertz CT molecular complexity index is 490. The number of hydrogen-bond donors (Lipinski definition) is 2. The summed E-state index contributed by atoms with van der Waals surface area (Å²) >= 11 is 0. The Morgan fingerprint density at radius 2 is 1.78 bits per heavy atom. The van der Waals surface area contributed by atoms with Crippen LogP contribution in [-0.4, -0.2) is 29.8 Å². The largest absolute Gasteiger partial charge is 0.489 e. The number of nitrogens with one attached hydrogen (secondary N) is 1. The van der Waals surface area contributed by atoms with Crippen molar-refractivity contribution >= 4 is 5.97 Å². The molecule has 0 spiro atoms. The lowest BCUT2D eigenvalue weighted by Gasteiger charge is -2.28. The van der Waals surface area contributed by atoms with Gasteiger partial charge in [0, 0.05) is 12.6 Å². The van der Waals surface area contributed by atoms with Gasteiger partial charge in [0.1, 0.15) is 11.9 Å². The van der Waals surface area contributed by atoms with Gasteiger partial charge in [0.15, 0.2) is 0 Å². The van der Waals surface area contributed by atoms with Crippen molar-refractivity contribution in [2.45, 2.75) is 64.5 Å². The lowest BCUT2D eigenvalue weighted by molar-refractivity contribution is -0.142. The Balaban J connectivity index is 1.71. The maximum Gasteiger partial charge on any atom is 0.306 e. The molecular formula is C19H29NO3. The molecule has 4 nitrogen and oxygen atoms in total. The summed E-state index contributed by atoms with van der Waals surface area (Å²) in [5.41, 5.74) is 1.32. The molecule has 0 aliphatic heterocycles. The summed E-state index contributed by atoms with van der Waals surface area (Å²) in [7, 11) is 0. The van der Waals surface area contributed by atoms with E-state index in [1.807, 2.05) is 12.1 Å². The normalized spacial score (nSPS) is 22.8. The van der Waals surface area contributed by atoms with E-state index in [1.54, 1.807) is 0 Å². The summed E-state index contributed by atoms with van der Waals surface area (Å²) in [4.78, 5) is 11.0. The van der Waals surface area contributed by atoms with Crippen LogP contribution in [0.5, 0.6) is 5.75 Å². The molecule has 1 saturated carbocycles. The Labute approximate surface area is 139 Å². The highest BCUT2D eigenvalue weighted by atomic mass is 16.5. The van der Waals surface area contributed by atoms with Gasteiger partial charge in [-0.1, -0.05) is 26.0 Å². The van der Waals surface area contributed by atoms with E-state index >= 15 is 0 Å². The maximum atomic E-state index is 11.0. The molecular weight excluding hydrogens is 290 g/mol. The predicted octanol–water partition coefficient (Wildman–Crippen LogP) is 3.81. The van der Waals surface area contributed by atoms with Crippen LogP contribution < -0.4 is 10.1 Å². The zero-order chi connectivity index (χ0) is 16.8. The van der Waals surface area contributed by atoms with E-state index in [1.165, 1.54) is 5.56 Å². The highest BCUT2D eigenvalue weighted by Crippen LogP contribution is 2.24. The Morgan fingerprint density at radius 3 is 2.30 bits per heavy atom. The zero-order valence-electron chi connectivity index (χ0n) is 14.4. The van der Waals surface area contributed by atoms with Crippen LogP contribution in [0.3, 0.4) is 0 Å². The van der Waals surface area contributed by atoms with E-state index in [2.05, 4.69) is 38.2 Å². The number of hydrogen-bond acceptors (Lipinski definition) is 3. The first-order chi connectivity index (χ1) is 11.0. The van der Waals surface area contributed by atoms with Crippen molar-refractivity contribution in [3.05, 3.63) is 29.8 Å². The molecule has 0 radical (unpaired) electrons. The third kappa shape index (κ3) is 5.54. The second-order valence-corrected chi connectivity index (χ2v) is 6.95. The van der Waals surface area contributed by atoms with Crippen LogP contribution in [0.15, 0.2) is 24.3 Å². The molecule has 23 heavy (non-hydrogen) atoms. The smallest absolute Gasteiger partial charge is 0.306 e. The Hall–Kier alpha value is -1.55. The van der Waals surface area contributed by atoms with Crippen molar-refractivity contribution in [1.29, 1.82) is 0 Å². The first-order valence-electron chi connectivity index (χ1n) is 8.68. The van der Waals surface area contributed by atoms with Crippen LogP contribution in [-0.2, 0) is 4.79 Å². The second-order valence-electron chi connectivity index (χ2n) is 6.95. The van der Waals surface area contributed by atoms with E-state index in [9.17, 15) is 4.79 Å². The third-order valence-corrected chi connectivity index (χ3v) is 4.65. The van der Waals surface area contributed by atoms with Crippen LogP contribution in [0.2, 0.25) is 0 Å². The zero-order valence-corrected chi connectivity index (χ0v) is 14.4. The summed E-state index contributed by atoms with van der Waals surface area (Å²) < 4.78 is 5.94. The lowest BCUT2D eigenvalue weighted by atomic mass is 9.86. The molecule has 2 N–H and O–H groups in total. The molecule has 1 unspecified atom stereocenters. The van der Waals surface area contributed by atoms with Gasteiger partial charge in [-0.05, 0) is 56.2 Å². The fourth-order valence-corrected chi connectivity index (χ4v) is 3.08. The number of aliphatic carboxylic acids is 1. The molecule has 1 fully saturated rings. The Kier molecular flexibility index (Phi) is 6.46. The van der Waals surface area contributed by atoms with E-state index in [0.717, 1.165) is 38.0 Å². The molecule has 2 rings (SSSR count). The fourth-order valence-electron chi connectivity index (χ4n) is 3.08. The van der Waals surface area contributed by atoms with E-state index in [0.29, 0.717) is 12.0 Å². The van der Waals surface area contributed by atoms with Gasteiger partial charge in [0.25, 0.3) is 0 Å². The lowest BCUT2D eigenvalue weighted by Crippen LogP contribution is -2.39. The summed E-state index contributed by atoms with van der Waals surface area (Å²) in [5.74, 6) is 0.633. The molecule has 1 aromatic carbocycles. The van der Waals surface area contributed by atoms with Crippen LogP contribution in [0.25, 0.3) is 0 Å². The highest BCUT2D eigenvalue weighted by molar-refractivity contribution is 5.70. The second kappa shape index (κ2) is 8.34. The average molecular weight is 319 g/mol. The van der Waals surface area contributed by atoms with Crippen molar-refractivity contribution in [3.63, 3.8) is 0 Å². The van der Waals surface area contributed by atoms with Gasteiger partial charge in [0.2, 0.25) is 0 Å². The first-order valence-corrected chi connectivity index (χ1v) is 8.68. The van der Waals surface area contributed by atoms with Gasteiger partial charge in [-0.3, -0.25) is 4.79 Å². The van der Waals surface area contributed by atoms with Crippen LogP contribution in [0.1, 0.15) is 57.9 Å². The maximum absolute atomic E-state index is 11.0. The van der Waals surface area contributed by atoms with Crippen molar-refractivity contribution in [3.8, 4) is 5.75 Å². The van der Waals surface area contributed by atoms with Crippen molar-refractivity contribution in [1.82, 2.24) is 5.32 Å². The van der Waals surface area contributed by atoms with E-state index < -0.39 is 5.97 Å². The molecule has 128 valence electrons.